The fourth-order valence-electron chi connectivity index (χ4n) is 2.10. The van der Waals surface area contributed by atoms with Crippen molar-refractivity contribution in [3.05, 3.63) is 35.4 Å². The number of carbonyl (C=O) groups is 1. The van der Waals surface area contributed by atoms with Crippen LogP contribution < -0.4 is 11.1 Å². The Balaban J connectivity index is 0. The Morgan fingerprint density at radius 1 is 1.09 bits per heavy atom. The number of amides is 1. The van der Waals surface area contributed by atoms with Crippen LogP contribution in [0.15, 0.2) is 24.3 Å². The third-order valence-electron chi connectivity index (χ3n) is 3.53. The van der Waals surface area contributed by atoms with Crippen LogP contribution in [0.4, 0.5) is 0 Å². The zero-order chi connectivity index (χ0) is 14.8. The summed E-state index contributed by atoms with van der Waals surface area (Å²) in [4.78, 5) is 14.3. The van der Waals surface area contributed by atoms with Gasteiger partial charge in [0.1, 0.15) is 0 Å². The monoisotopic (exact) mass is 349 g/mol. The van der Waals surface area contributed by atoms with Crippen LogP contribution in [-0.2, 0) is 6.54 Å². The van der Waals surface area contributed by atoms with Crippen molar-refractivity contribution in [2.75, 3.05) is 26.2 Å². The van der Waals surface area contributed by atoms with E-state index >= 15 is 0 Å². The van der Waals surface area contributed by atoms with E-state index in [0.717, 1.165) is 44.6 Å². The molecule has 4 nitrogen and oxygen atoms in total. The zero-order valence-corrected chi connectivity index (χ0v) is 15.1. The average molecular weight is 350 g/mol. The molecule has 1 aromatic carbocycles. The van der Waals surface area contributed by atoms with Gasteiger partial charge in [-0.3, -0.25) is 4.79 Å². The Hall–Kier alpha value is -0.810. The lowest BCUT2D eigenvalue weighted by molar-refractivity contribution is 0.0952. The molecule has 128 valence electrons. The summed E-state index contributed by atoms with van der Waals surface area (Å²) in [7, 11) is 0. The largest absolute Gasteiger partial charge is 0.352 e. The Bertz CT molecular complexity index is 395. The Labute approximate surface area is 146 Å². The van der Waals surface area contributed by atoms with Crippen molar-refractivity contribution in [1.29, 1.82) is 0 Å². The molecule has 0 heterocycles. The van der Waals surface area contributed by atoms with E-state index in [1.165, 1.54) is 0 Å². The summed E-state index contributed by atoms with van der Waals surface area (Å²) in [6.07, 6.45) is 2.14. The van der Waals surface area contributed by atoms with Crippen molar-refractivity contribution < 1.29 is 4.79 Å². The van der Waals surface area contributed by atoms with E-state index in [9.17, 15) is 4.79 Å². The first-order valence-electron chi connectivity index (χ1n) is 7.50. The Morgan fingerprint density at radius 3 is 2.18 bits per heavy atom. The maximum Gasteiger partial charge on any atom is 0.251 e. The lowest BCUT2D eigenvalue weighted by Crippen LogP contribution is -2.27. The molecule has 0 bridgehead atoms. The number of halogens is 2. The van der Waals surface area contributed by atoms with Gasteiger partial charge in [-0.1, -0.05) is 26.0 Å². The summed E-state index contributed by atoms with van der Waals surface area (Å²) >= 11 is 0. The Kier molecular flexibility index (Phi) is 14.7. The average Bonchev–Trinajstić information content (AvgIpc) is 2.50. The van der Waals surface area contributed by atoms with Crippen LogP contribution in [-0.4, -0.2) is 37.0 Å². The van der Waals surface area contributed by atoms with Gasteiger partial charge in [0.15, 0.2) is 0 Å². The molecule has 0 aliphatic heterocycles. The van der Waals surface area contributed by atoms with Crippen molar-refractivity contribution in [2.45, 2.75) is 33.2 Å². The predicted molar refractivity (Wildman–Crippen MR) is 98.2 cm³/mol. The molecule has 1 rings (SSSR count). The topological polar surface area (TPSA) is 58.4 Å². The van der Waals surface area contributed by atoms with Crippen molar-refractivity contribution in [2.24, 2.45) is 5.73 Å². The van der Waals surface area contributed by atoms with Gasteiger partial charge in [0, 0.05) is 18.7 Å². The van der Waals surface area contributed by atoms with Crippen LogP contribution in [0.5, 0.6) is 0 Å². The van der Waals surface area contributed by atoms with E-state index in [-0.39, 0.29) is 30.7 Å². The fraction of sp³-hybridized carbons (Fsp3) is 0.562. The molecule has 0 spiro atoms. The van der Waals surface area contributed by atoms with Gasteiger partial charge in [0.2, 0.25) is 0 Å². The van der Waals surface area contributed by atoms with Crippen LogP contribution in [0.2, 0.25) is 0 Å². The van der Waals surface area contributed by atoms with Gasteiger partial charge in [-0.2, -0.15) is 0 Å². The second-order valence-electron chi connectivity index (χ2n) is 4.89. The summed E-state index contributed by atoms with van der Waals surface area (Å²) in [5.74, 6) is -0.00332. The molecule has 0 unspecified atom stereocenters. The maximum absolute atomic E-state index is 11.9. The van der Waals surface area contributed by atoms with Gasteiger partial charge in [-0.15, -0.1) is 24.8 Å². The lowest BCUT2D eigenvalue weighted by Gasteiger charge is -2.17. The molecule has 6 heteroatoms. The molecular weight excluding hydrogens is 321 g/mol. The van der Waals surface area contributed by atoms with E-state index < -0.39 is 0 Å². The van der Waals surface area contributed by atoms with Crippen molar-refractivity contribution in [1.82, 2.24) is 10.2 Å². The minimum absolute atomic E-state index is 0. The SMILES string of the molecule is CCN(CC)CCCCNC(=O)c1ccc(CN)cc1.Cl.Cl. The molecule has 0 aliphatic carbocycles. The molecule has 1 aromatic rings. The summed E-state index contributed by atoms with van der Waals surface area (Å²) in [6.45, 7) is 8.89. The van der Waals surface area contributed by atoms with E-state index in [4.69, 9.17) is 5.73 Å². The van der Waals surface area contributed by atoms with Gasteiger partial charge >= 0.3 is 0 Å². The summed E-state index contributed by atoms with van der Waals surface area (Å²) in [6, 6.07) is 7.45. The predicted octanol–water partition coefficient (Wildman–Crippen LogP) is 2.84. The Morgan fingerprint density at radius 2 is 1.68 bits per heavy atom. The van der Waals surface area contributed by atoms with Crippen molar-refractivity contribution >= 4 is 30.7 Å². The molecule has 0 radical (unpaired) electrons. The number of hydrogen-bond acceptors (Lipinski definition) is 3. The molecule has 3 N–H and O–H groups in total. The number of rotatable bonds is 9. The number of nitrogens with zero attached hydrogens (tertiary/aromatic N) is 1. The van der Waals surface area contributed by atoms with Crippen LogP contribution in [0, 0.1) is 0 Å². The fourth-order valence-corrected chi connectivity index (χ4v) is 2.10. The second kappa shape index (κ2) is 13.8. The van der Waals surface area contributed by atoms with Crippen LogP contribution >= 0.6 is 24.8 Å². The summed E-state index contributed by atoms with van der Waals surface area (Å²) in [5, 5.41) is 2.96. The standard InChI is InChI=1S/C16H27N3O.2ClH/c1-3-19(4-2)12-6-5-11-18-16(20)15-9-7-14(13-17)8-10-15;;/h7-10H,3-6,11-13,17H2,1-2H3,(H,18,20);2*1H. The quantitative estimate of drug-likeness (QED) is 0.674. The van der Waals surface area contributed by atoms with Gasteiger partial charge in [-0.05, 0) is 50.2 Å². The maximum atomic E-state index is 11.9. The first-order chi connectivity index (χ1) is 9.71. The number of nitrogens with one attached hydrogen (secondary N) is 1. The molecule has 0 atom stereocenters. The van der Waals surface area contributed by atoms with Crippen LogP contribution in [0.25, 0.3) is 0 Å². The van der Waals surface area contributed by atoms with E-state index in [0.29, 0.717) is 12.1 Å². The van der Waals surface area contributed by atoms with Gasteiger partial charge in [-0.25, -0.2) is 0 Å². The molecule has 0 fully saturated rings. The third kappa shape index (κ3) is 8.59. The highest BCUT2D eigenvalue weighted by Crippen LogP contribution is 2.03. The molecule has 0 saturated heterocycles. The number of unbranched alkanes of at least 4 members (excludes halogenated alkanes) is 1. The molecule has 1 amide bonds. The summed E-state index contributed by atoms with van der Waals surface area (Å²) < 4.78 is 0. The molecule has 0 aliphatic rings. The third-order valence-corrected chi connectivity index (χ3v) is 3.53. The first kappa shape index (κ1) is 23.5. The lowest BCUT2D eigenvalue weighted by atomic mass is 10.1. The van der Waals surface area contributed by atoms with E-state index in [1.54, 1.807) is 0 Å². The number of carbonyl (C=O) groups excluding carboxylic acids is 1. The minimum atomic E-state index is -0.00332. The molecule has 22 heavy (non-hydrogen) atoms. The van der Waals surface area contributed by atoms with E-state index in [2.05, 4.69) is 24.1 Å². The first-order valence-corrected chi connectivity index (χ1v) is 7.50. The highest BCUT2D eigenvalue weighted by molar-refractivity contribution is 5.94. The van der Waals surface area contributed by atoms with Gasteiger partial charge in [0.25, 0.3) is 5.91 Å². The van der Waals surface area contributed by atoms with Gasteiger partial charge in [0.05, 0.1) is 0 Å². The van der Waals surface area contributed by atoms with Crippen molar-refractivity contribution in [3.8, 4) is 0 Å². The molecule has 0 saturated carbocycles. The van der Waals surface area contributed by atoms with Crippen molar-refractivity contribution in [3.63, 3.8) is 0 Å². The van der Waals surface area contributed by atoms with Crippen LogP contribution in [0.1, 0.15) is 42.6 Å². The second-order valence-corrected chi connectivity index (χ2v) is 4.89. The molecule has 0 aromatic heterocycles. The van der Waals surface area contributed by atoms with Gasteiger partial charge < -0.3 is 16.0 Å². The van der Waals surface area contributed by atoms with Crippen LogP contribution in [0.3, 0.4) is 0 Å². The molecular formula is C16H29Cl2N3O. The smallest absolute Gasteiger partial charge is 0.251 e. The number of nitrogens with two attached hydrogens (primary N) is 1. The number of hydrogen-bond donors (Lipinski definition) is 2. The number of benzene rings is 1. The zero-order valence-electron chi connectivity index (χ0n) is 13.5. The van der Waals surface area contributed by atoms with E-state index in [1.807, 2.05) is 24.3 Å². The normalized spacial score (nSPS) is 9.82. The summed E-state index contributed by atoms with van der Waals surface area (Å²) in [5.41, 5.74) is 7.27. The highest BCUT2D eigenvalue weighted by atomic mass is 35.5. The highest BCUT2D eigenvalue weighted by Gasteiger charge is 2.04. The minimum Gasteiger partial charge on any atom is -0.352 e.